The molecule has 1 fully saturated rings. The summed E-state index contributed by atoms with van der Waals surface area (Å²) in [4.78, 5) is 6.35. The SMILES string of the molecule is CNC(c1cncc(F)c1)C1(N(C)C)CCCCCC1. The fraction of sp³-hybridized carbons (Fsp3) is 0.688. The van der Waals surface area contributed by atoms with E-state index in [-0.39, 0.29) is 17.4 Å². The van der Waals surface area contributed by atoms with Gasteiger partial charge in [-0.25, -0.2) is 4.39 Å². The molecule has 1 N–H and O–H groups in total. The van der Waals surface area contributed by atoms with E-state index in [1.54, 1.807) is 12.3 Å². The van der Waals surface area contributed by atoms with Gasteiger partial charge in [0.15, 0.2) is 0 Å². The van der Waals surface area contributed by atoms with E-state index in [9.17, 15) is 4.39 Å². The Kier molecular flexibility index (Phi) is 5.11. The minimum absolute atomic E-state index is 0.0424. The van der Waals surface area contributed by atoms with Gasteiger partial charge in [0.25, 0.3) is 0 Å². The van der Waals surface area contributed by atoms with E-state index in [4.69, 9.17) is 0 Å². The molecular formula is C16H26FN3. The Hall–Kier alpha value is -1.00. The Labute approximate surface area is 121 Å². The predicted octanol–water partition coefficient (Wildman–Crippen LogP) is 3.14. The van der Waals surface area contributed by atoms with Crippen molar-refractivity contribution in [3.63, 3.8) is 0 Å². The van der Waals surface area contributed by atoms with Crippen LogP contribution in [0, 0.1) is 5.82 Å². The summed E-state index contributed by atoms with van der Waals surface area (Å²) in [7, 11) is 6.25. The van der Waals surface area contributed by atoms with Gasteiger partial charge in [-0.3, -0.25) is 4.98 Å². The van der Waals surface area contributed by atoms with Crippen LogP contribution in [0.4, 0.5) is 4.39 Å². The highest BCUT2D eigenvalue weighted by atomic mass is 19.1. The Morgan fingerprint density at radius 3 is 2.35 bits per heavy atom. The van der Waals surface area contributed by atoms with Crippen LogP contribution >= 0.6 is 0 Å². The van der Waals surface area contributed by atoms with Crippen molar-refractivity contribution in [3.05, 3.63) is 29.8 Å². The van der Waals surface area contributed by atoms with E-state index >= 15 is 0 Å². The summed E-state index contributed by atoms with van der Waals surface area (Å²) in [5, 5.41) is 3.42. The van der Waals surface area contributed by atoms with Crippen molar-refractivity contribution in [2.24, 2.45) is 0 Å². The van der Waals surface area contributed by atoms with Gasteiger partial charge in [0.1, 0.15) is 5.82 Å². The van der Waals surface area contributed by atoms with Gasteiger partial charge < -0.3 is 10.2 Å². The molecule has 2 rings (SSSR count). The standard InChI is InChI=1S/C16H26FN3/c1-18-15(13-10-14(17)12-19-11-13)16(20(2)3)8-6-4-5-7-9-16/h10-12,15,18H,4-9H2,1-3H3. The largest absolute Gasteiger partial charge is 0.311 e. The second kappa shape index (κ2) is 6.64. The molecule has 0 spiro atoms. The zero-order chi connectivity index (χ0) is 14.6. The summed E-state index contributed by atoms with van der Waals surface area (Å²) in [5.41, 5.74) is 0.990. The lowest BCUT2D eigenvalue weighted by atomic mass is 9.78. The fourth-order valence-corrected chi connectivity index (χ4v) is 3.67. The van der Waals surface area contributed by atoms with Crippen LogP contribution in [-0.2, 0) is 0 Å². The molecule has 20 heavy (non-hydrogen) atoms. The first-order valence-electron chi connectivity index (χ1n) is 7.55. The van der Waals surface area contributed by atoms with Crippen molar-refractivity contribution in [1.29, 1.82) is 0 Å². The Morgan fingerprint density at radius 2 is 1.85 bits per heavy atom. The molecule has 1 unspecified atom stereocenters. The van der Waals surface area contributed by atoms with Gasteiger partial charge in [0.2, 0.25) is 0 Å². The summed E-state index contributed by atoms with van der Waals surface area (Å²) in [6.07, 6.45) is 10.4. The number of aromatic nitrogens is 1. The minimum Gasteiger partial charge on any atom is -0.311 e. The first-order valence-corrected chi connectivity index (χ1v) is 7.55. The molecule has 1 aliphatic rings. The van der Waals surface area contributed by atoms with Crippen LogP contribution < -0.4 is 5.32 Å². The van der Waals surface area contributed by atoms with Crippen LogP contribution in [0.25, 0.3) is 0 Å². The monoisotopic (exact) mass is 279 g/mol. The van der Waals surface area contributed by atoms with Crippen molar-refractivity contribution in [2.75, 3.05) is 21.1 Å². The molecule has 4 heteroatoms. The lowest BCUT2D eigenvalue weighted by Crippen LogP contribution is -2.53. The third kappa shape index (κ3) is 3.01. The Balaban J connectivity index is 2.38. The average molecular weight is 279 g/mol. The van der Waals surface area contributed by atoms with Crippen LogP contribution in [0.15, 0.2) is 18.5 Å². The molecule has 0 radical (unpaired) electrons. The van der Waals surface area contributed by atoms with E-state index in [1.807, 2.05) is 7.05 Å². The average Bonchev–Trinajstić information content (AvgIpc) is 2.67. The highest BCUT2D eigenvalue weighted by Gasteiger charge is 2.41. The zero-order valence-electron chi connectivity index (χ0n) is 12.8. The van der Waals surface area contributed by atoms with Gasteiger partial charge in [-0.05, 0) is 45.6 Å². The number of rotatable bonds is 4. The molecule has 0 saturated heterocycles. The lowest BCUT2D eigenvalue weighted by molar-refractivity contribution is 0.0832. The number of halogens is 1. The summed E-state index contributed by atoms with van der Waals surface area (Å²) < 4.78 is 13.5. The molecule has 0 bridgehead atoms. The number of hydrogen-bond donors (Lipinski definition) is 1. The number of nitrogens with one attached hydrogen (secondary N) is 1. The molecule has 1 atom stereocenters. The van der Waals surface area contributed by atoms with Crippen molar-refractivity contribution >= 4 is 0 Å². The van der Waals surface area contributed by atoms with E-state index < -0.39 is 0 Å². The molecule has 1 aliphatic carbocycles. The van der Waals surface area contributed by atoms with E-state index in [1.165, 1.54) is 31.9 Å². The molecule has 1 heterocycles. The van der Waals surface area contributed by atoms with Gasteiger partial charge in [-0.1, -0.05) is 25.7 Å². The van der Waals surface area contributed by atoms with Gasteiger partial charge in [-0.15, -0.1) is 0 Å². The number of likely N-dealkylation sites (N-methyl/N-ethyl adjacent to an activating group) is 2. The van der Waals surface area contributed by atoms with Crippen molar-refractivity contribution in [2.45, 2.75) is 50.1 Å². The summed E-state index contributed by atoms with van der Waals surface area (Å²) in [5.74, 6) is -0.259. The number of pyridine rings is 1. The summed E-state index contributed by atoms with van der Waals surface area (Å²) in [6.45, 7) is 0. The number of hydrogen-bond acceptors (Lipinski definition) is 3. The molecule has 1 aromatic heterocycles. The molecule has 0 aliphatic heterocycles. The van der Waals surface area contributed by atoms with Crippen LogP contribution in [0.2, 0.25) is 0 Å². The first kappa shape index (κ1) is 15.4. The highest BCUT2D eigenvalue weighted by molar-refractivity contribution is 5.21. The Morgan fingerprint density at radius 1 is 1.20 bits per heavy atom. The molecule has 3 nitrogen and oxygen atoms in total. The van der Waals surface area contributed by atoms with Crippen LogP contribution in [0.5, 0.6) is 0 Å². The molecule has 0 amide bonds. The second-order valence-corrected chi connectivity index (χ2v) is 6.07. The first-order chi connectivity index (χ1) is 9.60. The fourth-order valence-electron chi connectivity index (χ4n) is 3.67. The Bertz CT molecular complexity index is 425. The summed E-state index contributed by atoms with van der Waals surface area (Å²) in [6, 6.07) is 1.73. The van der Waals surface area contributed by atoms with Gasteiger partial charge in [0, 0.05) is 11.7 Å². The second-order valence-electron chi connectivity index (χ2n) is 6.07. The third-order valence-corrected chi connectivity index (χ3v) is 4.75. The maximum Gasteiger partial charge on any atom is 0.141 e. The van der Waals surface area contributed by atoms with Crippen LogP contribution in [0.3, 0.4) is 0 Å². The molecule has 0 aromatic carbocycles. The maximum absolute atomic E-state index is 13.5. The van der Waals surface area contributed by atoms with Gasteiger partial charge in [0.05, 0.1) is 12.2 Å². The van der Waals surface area contributed by atoms with E-state index in [0.717, 1.165) is 18.4 Å². The maximum atomic E-state index is 13.5. The van der Waals surface area contributed by atoms with Crippen molar-refractivity contribution in [3.8, 4) is 0 Å². The molecule has 1 saturated carbocycles. The van der Waals surface area contributed by atoms with Crippen LogP contribution in [0.1, 0.15) is 50.1 Å². The van der Waals surface area contributed by atoms with Gasteiger partial charge >= 0.3 is 0 Å². The smallest absolute Gasteiger partial charge is 0.141 e. The quantitative estimate of drug-likeness (QED) is 0.858. The van der Waals surface area contributed by atoms with Crippen molar-refractivity contribution in [1.82, 2.24) is 15.2 Å². The van der Waals surface area contributed by atoms with E-state index in [2.05, 4.69) is 29.3 Å². The summed E-state index contributed by atoms with van der Waals surface area (Å²) >= 11 is 0. The van der Waals surface area contributed by atoms with Crippen molar-refractivity contribution < 1.29 is 4.39 Å². The van der Waals surface area contributed by atoms with E-state index in [0.29, 0.717) is 0 Å². The normalized spacial score (nSPS) is 20.6. The highest BCUT2D eigenvalue weighted by Crippen LogP contribution is 2.40. The minimum atomic E-state index is -0.259. The predicted molar refractivity (Wildman–Crippen MR) is 80.1 cm³/mol. The van der Waals surface area contributed by atoms with Gasteiger partial charge in [-0.2, -0.15) is 0 Å². The molecule has 112 valence electrons. The number of nitrogens with zero attached hydrogens (tertiary/aromatic N) is 2. The molecule has 1 aromatic rings. The zero-order valence-corrected chi connectivity index (χ0v) is 12.8. The third-order valence-electron chi connectivity index (χ3n) is 4.75. The topological polar surface area (TPSA) is 28.2 Å². The van der Waals surface area contributed by atoms with Crippen LogP contribution in [-0.4, -0.2) is 36.6 Å². The molecular weight excluding hydrogens is 253 g/mol. The lowest BCUT2D eigenvalue weighted by Gasteiger charge is -2.46.